The van der Waals surface area contributed by atoms with E-state index in [1.807, 2.05) is 0 Å². The molecule has 1 heterocycles. The molecule has 2 amide bonds. The van der Waals surface area contributed by atoms with Crippen molar-refractivity contribution in [2.75, 3.05) is 32.7 Å². The molecule has 2 aromatic rings. The van der Waals surface area contributed by atoms with Crippen molar-refractivity contribution in [2.24, 2.45) is 0 Å². The molecule has 0 unspecified atom stereocenters. The minimum atomic E-state index is -3.71. The Bertz CT molecular complexity index is 996. The van der Waals surface area contributed by atoms with Gasteiger partial charge in [-0.2, -0.15) is 4.31 Å². The van der Waals surface area contributed by atoms with E-state index in [0.717, 1.165) is 5.56 Å². The monoisotopic (exact) mass is 459 g/mol. The molecule has 1 aliphatic rings. The van der Waals surface area contributed by atoms with E-state index in [-0.39, 0.29) is 53.0 Å². The Morgan fingerprint density at radius 2 is 1.76 bits per heavy atom. The summed E-state index contributed by atoms with van der Waals surface area (Å²) in [5.74, 6) is -0.312. The lowest BCUT2D eigenvalue weighted by atomic mass is 10.1. The van der Waals surface area contributed by atoms with Gasteiger partial charge in [-0.05, 0) is 42.3 Å². The molecule has 6 nitrogen and oxygen atoms in total. The Hall–Kier alpha value is -1.87. The third-order valence-corrected chi connectivity index (χ3v) is 7.27. The van der Waals surface area contributed by atoms with E-state index in [1.165, 1.54) is 34.6 Å². The average molecular weight is 460 g/mol. The highest BCUT2D eigenvalue weighted by Crippen LogP contribution is 2.27. The standard InChI is InChI=1S/C19H20Cl2FN3O3S/c20-17-5-4-16(13-18(17)21)29(27,28)25-10-8-24(9-11-25)19(26)23-7-6-14-2-1-3-15(22)12-14/h1-5,12-13H,6-11H2,(H,23,26). The van der Waals surface area contributed by atoms with Crippen molar-refractivity contribution in [2.45, 2.75) is 11.3 Å². The van der Waals surface area contributed by atoms with E-state index in [2.05, 4.69) is 5.32 Å². The van der Waals surface area contributed by atoms with E-state index in [0.29, 0.717) is 13.0 Å². The molecule has 0 atom stereocenters. The van der Waals surface area contributed by atoms with Crippen LogP contribution in [0.2, 0.25) is 10.0 Å². The van der Waals surface area contributed by atoms with Crippen LogP contribution in [0, 0.1) is 5.82 Å². The highest BCUT2D eigenvalue weighted by molar-refractivity contribution is 7.89. The highest BCUT2D eigenvalue weighted by Gasteiger charge is 2.30. The third-order valence-electron chi connectivity index (χ3n) is 4.63. The van der Waals surface area contributed by atoms with Gasteiger partial charge >= 0.3 is 6.03 Å². The Kier molecular flexibility index (Phi) is 7.00. The van der Waals surface area contributed by atoms with Gasteiger partial charge in [0, 0.05) is 32.7 Å². The third kappa shape index (κ3) is 5.39. The zero-order chi connectivity index (χ0) is 21.0. The molecule has 2 aromatic carbocycles. The van der Waals surface area contributed by atoms with Gasteiger partial charge in [-0.15, -0.1) is 0 Å². The van der Waals surface area contributed by atoms with Gasteiger partial charge in [0.2, 0.25) is 10.0 Å². The van der Waals surface area contributed by atoms with Crippen LogP contribution in [0.3, 0.4) is 0 Å². The number of carbonyl (C=O) groups excluding carboxylic acids is 1. The van der Waals surface area contributed by atoms with Crippen LogP contribution in [0.1, 0.15) is 5.56 Å². The lowest BCUT2D eigenvalue weighted by Crippen LogP contribution is -2.53. The van der Waals surface area contributed by atoms with Crippen molar-refractivity contribution in [3.63, 3.8) is 0 Å². The van der Waals surface area contributed by atoms with Crippen molar-refractivity contribution in [1.82, 2.24) is 14.5 Å². The molecule has 1 aliphatic heterocycles. The van der Waals surface area contributed by atoms with Crippen LogP contribution < -0.4 is 5.32 Å². The van der Waals surface area contributed by atoms with Gasteiger partial charge in [0.05, 0.1) is 14.9 Å². The fourth-order valence-corrected chi connectivity index (χ4v) is 4.85. The van der Waals surface area contributed by atoms with E-state index in [9.17, 15) is 17.6 Å². The second kappa shape index (κ2) is 9.30. The highest BCUT2D eigenvalue weighted by atomic mass is 35.5. The van der Waals surface area contributed by atoms with Crippen molar-refractivity contribution in [3.05, 3.63) is 63.9 Å². The summed E-state index contributed by atoms with van der Waals surface area (Å²) in [5, 5.41) is 3.24. The molecule has 0 saturated carbocycles. The minimum Gasteiger partial charge on any atom is -0.338 e. The first-order chi connectivity index (χ1) is 13.8. The normalized spacial score (nSPS) is 15.3. The molecule has 29 heavy (non-hydrogen) atoms. The molecule has 0 aromatic heterocycles. The summed E-state index contributed by atoms with van der Waals surface area (Å²) in [6.45, 7) is 1.27. The molecule has 0 spiro atoms. The maximum absolute atomic E-state index is 13.2. The maximum atomic E-state index is 13.2. The van der Waals surface area contributed by atoms with Gasteiger partial charge < -0.3 is 10.2 Å². The summed E-state index contributed by atoms with van der Waals surface area (Å²) in [4.78, 5) is 13.9. The maximum Gasteiger partial charge on any atom is 0.317 e. The zero-order valence-electron chi connectivity index (χ0n) is 15.4. The summed E-state index contributed by atoms with van der Waals surface area (Å²) < 4.78 is 40.0. The van der Waals surface area contributed by atoms with Gasteiger partial charge in [0.1, 0.15) is 5.82 Å². The molecule has 1 N–H and O–H groups in total. The average Bonchev–Trinajstić information content (AvgIpc) is 2.70. The van der Waals surface area contributed by atoms with E-state index in [4.69, 9.17) is 23.2 Å². The molecule has 0 aliphatic carbocycles. The number of sulfonamides is 1. The van der Waals surface area contributed by atoms with Crippen LogP contribution >= 0.6 is 23.2 Å². The Labute approximate surface area is 179 Å². The number of benzene rings is 2. The molecule has 156 valence electrons. The number of hydrogen-bond acceptors (Lipinski definition) is 3. The van der Waals surface area contributed by atoms with Crippen LogP contribution in [0.15, 0.2) is 47.4 Å². The molecule has 0 bridgehead atoms. The Morgan fingerprint density at radius 1 is 1.03 bits per heavy atom. The summed E-state index contributed by atoms with van der Waals surface area (Å²) >= 11 is 11.8. The number of carbonyl (C=O) groups is 1. The van der Waals surface area contributed by atoms with Crippen LogP contribution in [-0.4, -0.2) is 56.4 Å². The topological polar surface area (TPSA) is 69.7 Å². The molecule has 10 heteroatoms. The molecule has 1 saturated heterocycles. The van der Waals surface area contributed by atoms with Gasteiger partial charge in [0.15, 0.2) is 0 Å². The molecule has 0 radical (unpaired) electrons. The number of halogens is 3. The predicted octanol–water partition coefficient (Wildman–Crippen LogP) is 3.39. The minimum absolute atomic E-state index is 0.0693. The van der Waals surface area contributed by atoms with Gasteiger partial charge in [-0.3, -0.25) is 0 Å². The second-order valence-corrected chi connectivity index (χ2v) is 9.33. The number of amides is 2. The quantitative estimate of drug-likeness (QED) is 0.744. The summed E-state index contributed by atoms with van der Waals surface area (Å²) in [6.07, 6.45) is 0.509. The first-order valence-corrected chi connectivity index (χ1v) is 11.2. The smallest absolute Gasteiger partial charge is 0.317 e. The lowest BCUT2D eigenvalue weighted by molar-refractivity contribution is 0.172. The van der Waals surface area contributed by atoms with Gasteiger partial charge in [-0.25, -0.2) is 17.6 Å². The summed E-state index contributed by atoms with van der Waals surface area (Å²) in [6, 6.07) is 10.1. The van der Waals surface area contributed by atoms with Gasteiger partial charge in [-0.1, -0.05) is 35.3 Å². The van der Waals surface area contributed by atoms with Gasteiger partial charge in [0.25, 0.3) is 0 Å². The number of hydrogen-bond donors (Lipinski definition) is 1. The zero-order valence-corrected chi connectivity index (χ0v) is 17.8. The first-order valence-electron chi connectivity index (χ1n) is 9.00. The van der Waals surface area contributed by atoms with Crippen molar-refractivity contribution < 1.29 is 17.6 Å². The Balaban J connectivity index is 1.51. The van der Waals surface area contributed by atoms with E-state index in [1.54, 1.807) is 17.0 Å². The predicted molar refractivity (Wildman–Crippen MR) is 110 cm³/mol. The van der Waals surface area contributed by atoms with Crippen molar-refractivity contribution in [3.8, 4) is 0 Å². The molecular weight excluding hydrogens is 440 g/mol. The number of nitrogens with zero attached hydrogens (tertiary/aromatic N) is 2. The molecular formula is C19H20Cl2FN3O3S. The fraction of sp³-hybridized carbons (Fsp3) is 0.316. The first kappa shape index (κ1) is 21.8. The fourth-order valence-electron chi connectivity index (χ4n) is 3.04. The van der Waals surface area contributed by atoms with E-state index < -0.39 is 10.0 Å². The molecule has 3 rings (SSSR count). The van der Waals surface area contributed by atoms with E-state index >= 15 is 0 Å². The SMILES string of the molecule is O=C(NCCc1cccc(F)c1)N1CCN(S(=O)(=O)c2ccc(Cl)c(Cl)c2)CC1. The van der Waals surface area contributed by atoms with Crippen LogP contribution in [0.25, 0.3) is 0 Å². The second-order valence-electron chi connectivity index (χ2n) is 6.58. The van der Waals surface area contributed by atoms with Crippen molar-refractivity contribution in [1.29, 1.82) is 0 Å². The van der Waals surface area contributed by atoms with Crippen LogP contribution in [-0.2, 0) is 16.4 Å². The lowest BCUT2D eigenvalue weighted by Gasteiger charge is -2.34. The number of piperazine rings is 1. The van der Waals surface area contributed by atoms with Crippen molar-refractivity contribution >= 4 is 39.3 Å². The van der Waals surface area contributed by atoms with Crippen LogP contribution in [0.4, 0.5) is 9.18 Å². The molecule has 1 fully saturated rings. The largest absolute Gasteiger partial charge is 0.338 e. The number of rotatable bonds is 5. The summed E-state index contributed by atoms with van der Waals surface area (Å²) in [5.41, 5.74) is 0.794. The summed E-state index contributed by atoms with van der Waals surface area (Å²) in [7, 11) is -3.71. The Morgan fingerprint density at radius 3 is 2.41 bits per heavy atom. The van der Waals surface area contributed by atoms with Crippen LogP contribution in [0.5, 0.6) is 0 Å². The number of urea groups is 1. The number of nitrogens with one attached hydrogen (secondary N) is 1.